The van der Waals surface area contributed by atoms with Crippen LogP contribution in [0.3, 0.4) is 0 Å². The maximum atomic E-state index is 13.0. The molecule has 0 saturated carbocycles. The summed E-state index contributed by atoms with van der Waals surface area (Å²) in [5.41, 5.74) is 5.18. The zero-order valence-electron chi connectivity index (χ0n) is 24.1. The molecule has 1 amide bonds. The summed E-state index contributed by atoms with van der Waals surface area (Å²) in [5, 5.41) is 0.538. The van der Waals surface area contributed by atoms with Gasteiger partial charge in [0, 0.05) is 16.1 Å². The molecule has 2 heterocycles. The van der Waals surface area contributed by atoms with Crippen LogP contribution in [0.25, 0.3) is 11.2 Å². The number of benzene rings is 3. The number of amides is 1. The van der Waals surface area contributed by atoms with E-state index in [2.05, 4.69) is 26.5 Å². The van der Waals surface area contributed by atoms with Gasteiger partial charge in [-0.3, -0.25) is 4.79 Å². The number of rotatable bonds is 5. The Hall–Kier alpha value is -3.45. The van der Waals surface area contributed by atoms with E-state index in [9.17, 15) is 13.2 Å². The normalized spacial score (nSPS) is 10.9. The Morgan fingerprint density at radius 3 is 2.29 bits per heavy atom. The fourth-order valence-corrected chi connectivity index (χ4v) is 5.40. The summed E-state index contributed by atoms with van der Waals surface area (Å²) >= 11 is 6.63. The average Bonchev–Trinajstić information content (AvgIpc) is 3.24. The first-order chi connectivity index (χ1) is 19.1. The largest absolute Gasteiger partial charge is 1.00 e. The minimum absolute atomic E-state index is 0. The number of fused-ring (bicyclic) bond motifs is 1. The maximum Gasteiger partial charge on any atom is 1.00 e. The summed E-state index contributed by atoms with van der Waals surface area (Å²) in [6, 6.07) is 23.1. The molecule has 0 aliphatic rings. The van der Waals surface area contributed by atoms with Gasteiger partial charge in [-0.15, -0.1) is 0 Å². The fourth-order valence-electron chi connectivity index (χ4n) is 4.20. The molecular weight excluding hydrogens is 567 g/mol. The standard InChI is InChI=1S/C31H25ClN4O3S.Na.H/c1-20-9-15-26(16-10-20)40(38,39)35-31(37)28-17-21(2)29-30(34-28)36(22(3)33-29)19-25-14-13-24(18-27(25)32)12-11-23-7-5-4-6-8-23;;/h4-10,13-18H,19H2,1-3H3,(H,35,37);;/q;+1;-1. The first-order valence-electron chi connectivity index (χ1n) is 12.4. The van der Waals surface area contributed by atoms with Crippen molar-refractivity contribution in [2.24, 2.45) is 0 Å². The number of pyridine rings is 1. The summed E-state index contributed by atoms with van der Waals surface area (Å²) in [6.45, 7) is 5.85. The quantitative estimate of drug-likeness (QED) is 0.250. The molecule has 0 fully saturated rings. The van der Waals surface area contributed by atoms with Crippen molar-refractivity contribution in [1.29, 1.82) is 0 Å². The molecule has 202 valence electrons. The van der Waals surface area contributed by atoms with Gasteiger partial charge < -0.3 is 5.99 Å². The predicted octanol–water partition coefficient (Wildman–Crippen LogP) is 2.69. The molecule has 1 N–H and O–H groups in total. The summed E-state index contributed by atoms with van der Waals surface area (Å²) in [4.78, 5) is 22.2. The first-order valence-corrected chi connectivity index (χ1v) is 14.3. The Labute approximate surface area is 267 Å². The van der Waals surface area contributed by atoms with E-state index in [0.29, 0.717) is 34.1 Å². The Morgan fingerprint density at radius 2 is 1.61 bits per heavy atom. The van der Waals surface area contributed by atoms with Gasteiger partial charge in [-0.2, -0.15) is 0 Å². The van der Waals surface area contributed by atoms with Crippen molar-refractivity contribution in [2.75, 3.05) is 0 Å². The van der Waals surface area contributed by atoms with Crippen molar-refractivity contribution >= 4 is 38.7 Å². The van der Waals surface area contributed by atoms with Gasteiger partial charge in [-0.1, -0.05) is 65.4 Å². The number of aromatic nitrogens is 3. The van der Waals surface area contributed by atoms with Gasteiger partial charge in [-0.05, 0) is 74.4 Å². The van der Waals surface area contributed by atoms with Crippen LogP contribution in [0.4, 0.5) is 0 Å². The number of hydrogen-bond acceptors (Lipinski definition) is 5. The average molecular weight is 593 g/mol. The molecule has 0 aliphatic carbocycles. The second-order valence-corrected chi connectivity index (χ2v) is 11.5. The van der Waals surface area contributed by atoms with Crippen molar-refractivity contribution in [3.63, 3.8) is 0 Å². The van der Waals surface area contributed by atoms with Crippen LogP contribution in [0.15, 0.2) is 83.8 Å². The number of imidazole rings is 1. The zero-order chi connectivity index (χ0) is 28.4. The Morgan fingerprint density at radius 1 is 0.927 bits per heavy atom. The van der Waals surface area contributed by atoms with E-state index in [1.807, 2.05) is 66.9 Å². The molecule has 41 heavy (non-hydrogen) atoms. The molecule has 0 atom stereocenters. The number of halogens is 1. The van der Waals surface area contributed by atoms with Gasteiger partial charge in [0.1, 0.15) is 17.0 Å². The minimum atomic E-state index is -4.07. The molecule has 0 spiro atoms. The number of sulfonamides is 1. The van der Waals surface area contributed by atoms with Crippen molar-refractivity contribution < 1.29 is 44.2 Å². The second kappa shape index (κ2) is 12.6. The number of nitrogens with one attached hydrogen (secondary N) is 1. The summed E-state index contributed by atoms with van der Waals surface area (Å²) in [6.07, 6.45) is 0. The SMILES string of the molecule is Cc1ccc(S(=O)(=O)NC(=O)c2cc(C)c3nc(C)n(Cc4ccc(C#Cc5ccccc5)cc4Cl)c3n2)cc1.[H-].[Na+]. The van der Waals surface area contributed by atoms with Crippen LogP contribution in [0.2, 0.25) is 5.02 Å². The number of hydrogen-bond donors (Lipinski definition) is 1. The summed E-state index contributed by atoms with van der Waals surface area (Å²) < 4.78 is 29.5. The van der Waals surface area contributed by atoms with Crippen LogP contribution in [0, 0.1) is 32.6 Å². The number of carbonyl (C=O) groups excluding carboxylic acids is 1. The van der Waals surface area contributed by atoms with E-state index >= 15 is 0 Å². The maximum absolute atomic E-state index is 13.0. The molecule has 0 bridgehead atoms. The number of aryl methyl sites for hydroxylation is 3. The van der Waals surface area contributed by atoms with Crippen molar-refractivity contribution in [2.45, 2.75) is 32.2 Å². The van der Waals surface area contributed by atoms with Crippen molar-refractivity contribution in [3.8, 4) is 11.8 Å². The second-order valence-electron chi connectivity index (χ2n) is 9.41. The van der Waals surface area contributed by atoms with Gasteiger partial charge in [0.15, 0.2) is 5.65 Å². The Bertz CT molecular complexity index is 1930. The van der Waals surface area contributed by atoms with Crippen LogP contribution in [-0.2, 0) is 16.6 Å². The molecule has 2 aromatic heterocycles. The van der Waals surface area contributed by atoms with E-state index in [4.69, 9.17) is 11.6 Å². The van der Waals surface area contributed by atoms with Gasteiger partial charge in [-0.25, -0.2) is 23.1 Å². The van der Waals surface area contributed by atoms with Crippen LogP contribution in [0.5, 0.6) is 0 Å². The third kappa shape index (κ3) is 6.89. The molecule has 0 aliphatic heterocycles. The minimum Gasteiger partial charge on any atom is -1.00 e. The predicted molar refractivity (Wildman–Crippen MR) is 157 cm³/mol. The smallest absolute Gasteiger partial charge is 1.00 e. The number of nitrogens with zero attached hydrogens (tertiary/aromatic N) is 3. The van der Waals surface area contributed by atoms with E-state index < -0.39 is 15.9 Å². The molecule has 7 nitrogen and oxygen atoms in total. The van der Waals surface area contributed by atoms with Gasteiger partial charge in [0.25, 0.3) is 15.9 Å². The van der Waals surface area contributed by atoms with Crippen LogP contribution >= 0.6 is 11.6 Å². The van der Waals surface area contributed by atoms with E-state index in [0.717, 1.165) is 22.3 Å². The number of carbonyl (C=O) groups is 1. The zero-order valence-corrected chi connectivity index (χ0v) is 26.6. The van der Waals surface area contributed by atoms with Crippen LogP contribution < -0.4 is 34.3 Å². The summed E-state index contributed by atoms with van der Waals surface area (Å²) in [5.74, 6) is 6.11. The van der Waals surface area contributed by atoms with Gasteiger partial charge in [0.05, 0.1) is 11.4 Å². The van der Waals surface area contributed by atoms with E-state index in [-0.39, 0.29) is 41.6 Å². The van der Waals surface area contributed by atoms with Gasteiger partial charge in [0.2, 0.25) is 0 Å². The van der Waals surface area contributed by atoms with Crippen LogP contribution in [0.1, 0.15) is 45.6 Å². The molecule has 0 saturated heterocycles. The molecule has 3 aromatic carbocycles. The van der Waals surface area contributed by atoms with E-state index in [1.165, 1.54) is 18.2 Å². The summed E-state index contributed by atoms with van der Waals surface area (Å²) in [7, 11) is -4.07. The Kier molecular flexibility index (Phi) is 9.37. The molecule has 0 unspecified atom stereocenters. The first kappa shape index (κ1) is 30.5. The van der Waals surface area contributed by atoms with Crippen LogP contribution in [-0.4, -0.2) is 28.9 Å². The molecule has 5 aromatic rings. The Balaban J connectivity index is 0.00000242. The van der Waals surface area contributed by atoms with E-state index in [1.54, 1.807) is 19.1 Å². The monoisotopic (exact) mass is 592 g/mol. The molecular formula is C31H26ClN4NaO3S. The van der Waals surface area contributed by atoms with Gasteiger partial charge >= 0.3 is 29.6 Å². The van der Waals surface area contributed by atoms with Crippen molar-refractivity contribution in [3.05, 3.63) is 123 Å². The molecule has 5 rings (SSSR count). The molecule has 0 radical (unpaired) electrons. The van der Waals surface area contributed by atoms with Crippen molar-refractivity contribution in [1.82, 2.24) is 19.3 Å². The topological polar surface area (TPSA) is 94.0 Å². The fraction of sp³-hybridized carbons (Fsp3) is 0.129. The molecule has 10 heteroatoms. The third-order valence-electron chi connectivity index (χ3n) is 6.38. The third-order valence-corrected chi connectivity index (χ3v) is 8.08.